The van der Waals surface area contributed by atoms with E-state index in [1.807, 2.05) is 6.92 Å². The maximum absolute atomic E-state index is 12.5. The zero-order valence-corrected chi connectivity index (χ0v) is 12.3. The van der Waals surface area contributed by atoms with E-state index in [4.69, 9.17) is 4.74 Å². The Morgan fingerprint density at radius 3 is 2.64 bits per heavy atom. The molecular weight excluding hydrogens is 288 g/mol. The Hall–Kier alpha value is -2.90. The van der Waals surface area contributed by atoms with Crippen molar-refractivity contribution in [3.63, 3.8) is 0 Å². The summed E-state index contributed by atoms with van der Waals surface area (Å²) >= 11 is 0. The van der Waals surface area contributed by atoms with Gasteiger partial charge in [0, 0.05) is 19.8 Å². The maximum atomic E-state index is 12.5. The maximum Gasteiger partial charge on any atom is 0.341 e. The molecular formula is C14H14N4O4. The molecule has 3 aromatic rings. The first-order valence-corrected chi connectivity index (χ1v) is 6.66. The minimum absolute atomic E-state index is 0.256. The molecule has 2 aromatic heterocycles. The van der Waals surface area contributed by atoms with Gasteiger partial charge in [-0.3, -0.25) is 4.79 Å². The summed E-state index contributed by atoms with van der Waals surface area (Å²) in [5.74, 6) is -0.870. The van der Waals surface area contributed by atoms with E-state index in [2.05, 4.69) is 10.2 Å². The van der Waals surface area contributed by atoms with E-state index >= 15 is 0 Å². The van der Waals surface area contributed by atoms with Crippen LogP contribution < -0.4 is 10.2 Å². The zero-order valence-electron chi connectivity index (χ0n) is 12.3. The molecule has 2 heterocycles. The minimum Gasteiger partial charge on any atom is -0.494 e. The number of nitrogens with zero attached hydrogens (tertiary/aromatic N) is 4. The number of rotatable bonds is 3. The number of ether oxygens (including phenoxy) is 1. The van der Waals surface area contributed by atoms with Crippen LogP contribution >= 0.6 is 0 Å². The van der Waals surface area contributed by atoms with Crippen LogP contribution in [0.25, 0.3) is 21.9 Å². The number of aromatic carboxylic acids is 1. The van der Waals surface area contributed by atoms with Gasteiger partial charge in [-0.2, -0.15) is 9.90 Å². The lowest BCUT2D eigenvalue weighted by Gasteiger charge is -2.11. The monoisotopic (exact) mass is 302 g/mol. The van der Waals surface area contributed by atoms with Crippen LogP contribution in [-0.2, 0) is 13.6 Å². The Morgan fingerprint density at radius 2 is 2.05 bits per heavy atom. The number of hydrogen-bond donors (Lipinski definition) is 1. The number of carboxylic acid groups (broad SMARTS) is 1. The van der Waals surface area contributed by atoms with Crippen molar-refractivity contribution in [2.24, 2.45) is 7.05 Å². The van der Waals surface area contributed by atoms with Crippen molar-refractivity contribution in [3.05, 3.63) is 28.0 Å². The number of carbonyl (C=O) groups is 1. The molecule has 0 saturated heterocycles. The standard InChI is InChI=1S/C14H14N4O4/c1-4-18-6-8(14(20)21)13(19)7-5-9(22-3)10-11(12(7)18)16-17(2)15-10/h5-6H,4H2,1-3H3,(H,20,21). The lowest BCUT2D eigenvalue weighted by molar-refractivity contribution is 0.0695. The van der Waals surface area contributed by atoms with Gasteiger partial charge in [-0.05, 0) is 13.0 Å². The first kappa shape index (κ1) is 14.1. The number of benzene rings is 1. The highest BCUT2D eigenvalue weighted by atomic mass is 16.5. The highest BCUT2D eigenvalue weighted by Gasteiger charge is 2.20. The molecule has 22 heavy (non-hydrogen) atoms. The summed E-state index contributed by atoms with van der Waals surface area (Å²) < 4.78 is 6.96. The molecule has 0 aliphatic rings. The highest BCUT2D eigenvalue weighted by Crippen LogP contribution is 2.29. The number of aromatic nitrogens is 4. The molecule has 0 bridgehead atoms. The molecule has 1 N–H and O–H groups in total. The number of fused-ring (bicyclic) bond motifs is 3. The van der Waals surface area contributed by atoms with Gasteiger partial charge in [-0.15, -0.1) is 5.10 Å². The van der Waals surface area contributed by atoms with Crippen molar-refractivity contribution < 1.29 is 14.6 Å². The third kappa shape index (κ3) is 1.84. The van der Waals surface area contributed by atoms with Gasteiger partial charge in [-0.1, -0.05) is 0 Å². The summed E-state index contributed by atoms with van der Waals surface area (Å²) in [5.41, 5.74) is 0.758. The van der Waals surface area contributed by atoms with Gasteiger partial charge in [-0.25, -0.2) is 4.79 Å². The molecule has 0 atom stereocenters. The van der Waals surface area contributed by atoms with E-state index < -0.39 is 11.4 Å². The van der Waals surface area contributed by atoms with Crippen molar-refractivity contribution in [1.29, 1.82) is 0 Å². The molecule has 0 saturated carbocycles. The number of pyridine rings is 1. The van der Waals surface area contributed by atoms with Crippen molar-refractivity contribution >= 4 is 27.9 Å². The fourth-order valence-corrected chi connectivity index (χ4v) is 2.57. The predicted octanol–water partition coefficient (Wildman–Crippen LogP) is 1.01. The average molecular weight is 302 g/mol. The van der Waals surface area contributed by atoms with E-state index in [1.54, 1.807) is 11.6 Å². The van der Waals surface area contributed by atoms with Gasteiger partial charge < -0.3 is 14.4 Å². The molecule has 3 rings (SSSR count). The van der Waals surface area contributed by atoms with Crippen LogP contribution in [0.3, 0.4) is 0 Å². The fourth-order valence-electron chi connectivity index (χ4n) is 2.57. The Balaban J connectivity index is 2.62. The van der Waals surface area contributed by atoms with Crippen molar-refractivity contribution in [2.75, 3.05) is 7.11 Å². The number of carboxylic acids is 1. The number of methoxy groups -OCH3 is 1. The summed E-state index contributed by atoms with van der Waals surface area (Å²) in [6.07, 6.45) is 1.34. The first-order valence-electron chi connectivity index (χ1n) is 6.66. The van der Waals surface area contributed by atoms with Gasteiger partial charge in [0.2, 0.25) is 5.43 Å². The Kier molecular flexibility index (Phi) is 3.09. The Bertz CT molecular complexity index is 971. The van der Waals surface area contributed by atoms with Gasteiger partial charge in [0.1, 0.15) is 16.8 Å². The normalized spacial score (nSPS) is 11.2. The molecule has 0 radical (unpaired) electrons. The summed E-state index contributed by atoms with van der Waals surface area (Å²) in [6.45, 7) is 2.36. The third-order valence-electron chi connectivity index (χ3n) is 3.55. The van der Waals surface area contributed by atoms with Crippen LogP contribution in [0.5, 0.6) is 5.75 Å². The molecule has 0 amide bonds. The largest absolute Gasteiger partial charge is 0.494 e. The van der Waals surface area contributed by atoms with Gasteiger partial charge in [0.15, 0.2) is 5.52 Å². The predicted molar refractivity (Wildman–Crippen MR) is 79.5 cm³/mol. The summed E-state index contributed by atoms with van der Waals surface area (Å²) in [6, 6.07) is 1.52. The van der Waals surface area contributed by atoms with E-state index in [-0.39, 0.29) is 10.9 Å². The van der Waals surface area contributed by atoms with Crippen LogP contribution in [-0.4, -0.2) is 37.7 Å². The van der Waals surface area contributed by atoms with Gasteiger partial charge in [0.05, 0.1) is 18.0 Å². The fraction of sp³-hybridized carbons (Fsp3) is 0.286. The summed E-state index contributed by atoms with van der Waals surface area (Å²) in [5, 5.41) is 18.0. The molecule has 0 aliphatic carbocycles. The molecule has 0 fully saturated rings. The van der Waals surface area contributed by atoms with Gasteiger partial charge in [0.25, 0.3) is 0 Å². The lowest BCUT2D eigenvalue weighted by Crippen LogP contribution is -2.19. The number of hydrogen-bond acceptors (Lipinski definition) is 5. The van der Waals surface area contributed by atoms with E-state index in [1.165, 1.54) is 24.2 Å². The van der Waals surface area contributed by atoms with Crippen LogP contribution in [0, 0.1) is 0 Å². The second-order valence-electron chi connectivity index (χ2n) is 4.82. The van der Waals surface area contributed by atoms with Crippen molar-refractivity contribution in [1.82, 2.24) is 19.6 Å². The smallest absolute Gasteiger partial charge is 0.341 e. The third-order valence-corrected chi connectivity index (χ3v) is 3.55. The first-order chi connectivity index (χ1) is 10.5. The quantitative estimate of drug-likeness (QED) is 0.775. The average Bonchev–Trinajstić information content (AvgIpc) is 2.87. The van der Waals surface area contributed by atoms with Crippen LogP contribution in [0.4, 0.5) is 0 Å². The van der Waals surface area contributed by atoms with E-state index in [0.717, 1.165) is 0 Å². The lowest BCUT2D eigenvalue weighted by atomic mass is 10.1. The molecule has 114 valence electrons. The SMILES string of the molecule is CCn1cc(C(=O)O)c(=O)c2cc(OC)c3nn(C)nc3c21. The molecule has 8 heteroatoms. The second kappa shape index (κ2) is 4.83. The second-order valence-corrected chi connectivity index (χ2v) is 4.82. The summed E-state index contributed by atoms with van der Waals surface area (Å²) in [7, 11) is 3.14. The van der Waals surface area contributed by atoms with E-state index in [0.29, 0.717) is 28.8 Å². The highest BCUT2D eigenvalue weighted by molar-refractivity contribution is 6.06. The zero-order chi connectivity index (χ0) is 16.0. The van der Waals surface area contributed by atoms with Crippen molar-refractivity contribution in [3.8, 4) is 5.75 Å². The minimum atomic E-state index is -1.26. The van der Waals surface area contributed by atoms with Crippen LogP contribution in [0.1, 0.15) is 17.3 Å². The van der Waals surface area contributed by atoms with Gasteiger partial charge >= 0.3 is 5.97 Å². The molecule has 0 spiro atoms. The number of aryl methyl sites for hydroxylation is 2. The molecule has 0 aliphatic heterocycles. The molecule has 1 aromatic carbocycles. The topological polar surface area (TPSA) is 99.2 Å². The van der Waals surface area contributed by atoms with Crippen molar-refractivity contribution in [2.45, 2.75) is 13.5 Å². The molecule has 0 unspecified atom stereocenters. The molecule has 8 nitrogen and oxygen atoms in total. The summed E-state index contributed by atoms with van der Waals surface area (Å²) in [4.78, 5) is 25.1. The van der Waals surface area contributed by atoms with Crippen LogP contribution in [0.2, 0.25) is 0 Å². The van der Waals surface area contributed by atoms with Crippen LogP contribution in [0.15, 0.2) is 17.1 Å². The Labute approximate surface area is 124 Å². The van der Waals surface area contributed by atoms with E-state index in [9.17, 15) is 14.7 Å². The Morgan fingerprint density at radius 1 is 1.36 bits per heavy atom.